The molecule has 1 aromatic carbocycles. The van der Waals surface area contributed by atoms with Crippen LogP contribution in [0.1, 0.15) is 17.3 Å². The molecule has 124 valence electrons. The van der Waals surface area contributed by atoms with Crippen molar-refractivity contribution in [1.29, 1.82) is 0 Å². The number of imide groups is 2. The third kappa shape index (κ3) is 3.58. The predicted molar refractivity (Wildman–Crippen MR) is 78.8 cm³/mol. The Kier molecular flexibility index (Phi) is 4.63. The van der Waals surface area contributed by atoms with E-state index in [2.05, 4.69) is 10.5 Å². The lowest BCUT2D eigenvalue weighted by Crippen LogP contribution is -2.57. The van der Waals surface area contributed by atoms with Gasteiger partial charge in [-0.25, -0.2) is 10.2 Å². The average Bonchev–Trinajstić information content (AvgIpc) is 2.51. The van der Waals surface area contributed by atoms with Crippen LogP contribution in [0.15, 0.2) is 29.4 Å². The molecule has 24 heavy (non-hydrogen) atoms. The first-order valence-corrected chi connectivity index (χ1v) is 6.54. The zero-order valence-electron chi connectivity index (χ0n) is 12.2. The van der Waals surface area contributed by atoms with Crippen LogP contribution >= 0.6 is 0 Å². The van der Waals surface area contributed by atoms with Crippen LogP contribution in [0.2, 0.25) is 0 Å². The molecule has 1 aromatic rings. The molecule has 0 atom stereocenters. The van der Waals surface area contributed by atoms with Gasteiger partial charge >= 0.3 is 6.03 Å². The number of hydrogen-bond donors (Lipinski definition) is 3. The van der Waals surface area contributed by atoms with Gasteiger partial charge in [-0.05, 0) is 19.1 Å². The third-order valence-electron chi connectivity index (χ3n) is 3.09. The topological polar surface area (TPSA) is 160 Å². The van der Waals surface area contributed by atoms with Crippen LogP contribution in [0.5, 0.6) is 0 Å². The number of rotatable bonds is 4. The Labute approximate surface area is 134 Å². The highest BCUT2D eigenvalue weighted by molar-refractivity contribution is 6.27. The van der Waals surface area contributed by atoms with Crippen LogP contribution in [0, 0.1) is 16.0 Å². The summed E-state index contributed by atoms with van der Waals surface area (Å²) in [5.74, 6) is -3.74. The van der Waals surface area contributed by atoms with Crippen LogP contribution < -0.4 is 16.1 Å². The van der Waals surface area contributed by atoms with Crippen molar-refractivity contribution in [2.45, 2.75) is 6.92 Å². The summed E-state index contributed by atoms with van der Waals surface area (Å²) in [6, 6.07) is 3.84. The smallest absolute Gasteiger partial charge is 0.277 e. The summed E-state index contributed by atoms with van der Waals surface area (Å²) in [5, 5.41) is 18.0. The van der Waals surface area contributed by atoms with Crippen LogP contribution in [0.25, 0.3) is 0 Å². The monoisotopic (exact) mass is 333 g/mol. The largest absolute Gasteiger partial charge is 0.328 e. The summed E-state index contributed by atoms with van der Waals surface area (Å²) in [4.78, 5) is 56.0. The number of nitrogens with one attached hydrogen (secondary N) is 3. The van der Waals surface area contributed by atoms with Crippen LogP contribution in [-0.2, 0) is 9.59 Å². The molecule has 1 heterocycles. The molecule has 0 aliphatic carbocycles. The maximum atomic E-state index is 11.9. The number of non-ortho nitro benzene ring substituents is 1. The van der Waals surface area contributed by atoms with E-state index in [9.17, 15) is 29.3 Å². The van der Waals surface area contributed by atoms with Gasteiger partial charge in [-0.2, -0.15) is 5.10 Å². The lowest BCUT2D eigenvalue weighted by Gasteiger charge is -2.20. The van der Waals surface area contributed by atoms with Crippen molar-refractivity contribution in [1.82, 2.24) is 16.1 Å². The molecule has 1 aliphatic heterocycles. The van der Waals surface area contributed by atoms with Crippen molar-refractivity contribution >= 4 is 35.2 Å². The van der Waals surface area contributed by atoms with E-state index in [4.69, 9.17) is 0 Å². The molecule has 0 aromatic heterocycles. The molecule has 0 unspecified atom stereocenters. The molecule has 11 nitrogen and oxygen atoms in total. The lowest BCUT2D eigenvalue weighted by molar-refractivity contribution is -0.384. The maximum Gasteiger partial charge on any atom is 0.328 e. The summed E-state index contributed by atoms with van der Waals surface area (Å²) in [7, 11) is 0. The molecular weight excluding hydrogens is 322 g/mol. The van der Waals surface area contributed by atoms with E-state index in [0.717, 1.165) is 12.1 Å². The van der Waals surface area contributed by atoms with Gasteiger partial charge in [-0.1, -0.05) is 0 Å². The van der Waals surface area contributed by atoms with Crippen molar-refractivity contribution in [3.63, 3.8) is 0 Å². The van der Waals surface area contributed by atoms with Crippen molar-refractivity contribution in [2.24, 2.45) is 11.0 Å². The van der Waals surface area contributed by atoms with Gasteiger partial charge in [0.2, 0.25) is 11.8 Å². The van der Waals surface area contributed by atoms with E-state index in [1.165, 1.54) is 19.1 Å². The van der Waals surface area contributed by atoms with Crippen molar-refractivity contribution < 1.29 is 24.1 Å². The standard InChI is InChI=1S/C13H11N5O6/c1-6(9-11(20)14-13(22)15-12(9)21)16-17-10(19)7-2-4-8(5-3-7)18(23)24/h2-5,9H,1H3,(H,17,19)(H2,14,15,20,21,22)/b16-6+. The maximum absolute atomic E-state index is 11.9. The molecule has 1 aliphatic rings. The number of amides is 5. The average molecular weight is 333 g/mol. The number of hydrogen-bond acceptors (Lipinski definition) is 7. The second-order valence-corrected chi connectivity index (χ2v) is 4.74. The first-order chi connectivity index (χ1) is 11.3. The fraction of sp³-hybridized carbons (Fsp3) is 0.154. The van der Waals surface area contributed by atoms with Crippen molar-refractivity contribution in [3.05, 3.63) is 39.9 Å². The van der Waals surface area contributed by atoms with Crippen LogP contribution in [0.3, 0.4) is 0 Å². The first-order valence-electron chi connectivity index (χ1n) is 6.54. The molecule has 1 fully saturated rings. The number of carbonyl (C=O) groups is 4. The Morgan fingerprint density at radius 3 is 2.21 bits per heavy atom. The molecule has 0 bridgehead atoms. The lowest BCUT2D eigenvalue weighted by atomic mass is 10.0. The van der Waals surface area contributed by atoms with E-state index in [1.807, 2.05) is 10.6 Å². The fourth-order valence-electron chi connectivity index (χ4n) is 1.90. The highest BCUT2D eigenvalue weighted by Gasteiger charge is 2.36. The Bertz CT molecular complexity index is 750. The number of nitro groups is 1. The number of benzene rings is 1. The van der Waals surface area contributed by atoms with E-state index < -0.39 is 34.6 Å². The third-order valence-corrected chi connectivity index (χ3v) is 3.09. The Morgan fingerprint density at radius 1 is 1.17 bits per heavy atom. The molecule has 11 heteroatoms. The SMILES string of the molecule is C/C(=N\NC(=O)c1ccc([N+](=O)[O-])cc1)C1C(=O)NC(=O)NC1=O. The van der Waals surface area contributed by atoms with Gasteiger partial charge in [0.05, 0.1) is 10.6 Å². The molecule has 1 saturated heterocycles. The van der Waals surface area contributed by atoms with Gasteiger partial charge in [-0.15, -0.1) is 0 Å². The second kappa shape index (κ2) is 6.64. The molecule has 5 amide bonds. The molecule has 2 rings (SSSR count). The van der Waals surface area contributed by atoms with E-state index in [1.54, 1.807) is 0 Å². The molecule has 0 spiro atoms. The fourth-order valence-corrected chi connectivity index (χ4v) is 1.90. The van der Waals surface area contributed by atoms with Gasteiger partial charge in [-0.3, -0.25) is 35.1 Å². The highest BCUT2D eigenvalue weighted by Crippen LogP contribution is 2.12. The highest BCUT2D eigenvalue weighted by atomic mass is 16.6. The molecule has 0 radical (unpaired) electrons. The minimum atomic E-state index is -1.35. The number of carbonyl (C=O) groups excluding carboxylic acids is 4. The van der Waals surface area contributed by atoms with E-state index in [-0.39, 0.29) is 17.0 Å². The quantitative estimate of drug-likeness (QED) is 0.296. The Morgan fingerprint density at radius 2 is 1.71 bits per heavy atom. The van der Waals surface area contributed by atoms with Crippen LogP contribution in [-0.4, -0.2) is 34.4 Å². The van der Waals surface area contributed by atoms with Gasteiger partial charge in [0.25, 0.3) is 11.6 Å². The van der Waals surface area contributed by atoms with Crippen molar-refractivity contribution in [3.8, 4) is 0 Å². The first kappa shape index (κ1) is 16.7. The summed E-state index contributed by atoms with van der Waals surface area (Å²) in [6.45, 7) is 1.33. The number of nitrogens with zero attached hydrogens (tertiary/aromatic N) is 2. The molecule has 3 N–H and O–H groups in total. The normalized spacial score (nSPS) is 15.5. The van der Waals surface area contributed by atoms with Gasteiger partial charge < -0.3 is 0 Å². The van der Waals surface area contributed by atoms with Gasteiger partial charge in [0.15, 0.2) is 5.92 Å². The number of barbiturate groups is 1. The Hall–Kier alpha value is -3.63. The summed E-state index contributed by atoms with van der Waals surface area (Å²) in [6.07, 6.45) is 0. The van der Waals surface area contributed by atoms with E-state index in [0.29, 0.717) is 0 Å². The molecular formula is C13H11N5O6. The second-order valence-electron chi connectivity index (χ2n) is 4.74. The Balaban J connectivity index is 2.07. The summed E-state index contributed by atoms with van der Waals surface area (Å²) >= 11 is 0. The summed E-state index contributed by atoms with van der Waals surface area (Å²) < 4.78 is 0. The number of hydrazone groups is 1. The zero-order valence-corrected chi connectivity index (χ0v) is 12.2. The minimum Gasteiger partial charge on any atom is -0.277 e. The van der Waals surface area contributed by atoms with Crippen molar-refractivity contribution in [2.75, 3.05) is 0 Å². The van der Waals surface area contributed by atoms with Gasteiger partial charge in [0.1, 0.15) is 0 Å². The predicted octanol–water partition coefficient (Wildman–Crippen LogP) is -0.317. The number of nitro benzene ring substituents is 1. The minimum absolute atomic E-state index is 0.0345. The number of urea groups is 1. The molecule has 0 saturated carbocycles. The summed E-state index contributed by atoms with van der Waals surface area (Å²) in [5.41, 5.74) is 2.02. The van der Waals surface area contributed by atoms with Crippen LogP contribution in [0.4, 0.5) is 10.5 Å². The van der Waals surface area contributed by atoms with E-state index >= 15 is 0 Å². The zero-order chi connectivity index (χ0) is 17.9. The van der Waals surface area contributed by atoms with Gasteiger partial charge in [0, 0.05) is 17.7 Å².